The number of halogens is 1. The molecule has 4 aromatic rings. The van der Waals surface area contributed by atoms with Crippen LogP contribution >= 0.6 is 27.7 Å². The van der Waals surface area contributed by atoms with Crippen molar-refractivity contribution in [1.29, 1.82) is 0 Å². The minimum absolute atomic E-state index is 0.0503. The van der Waals surface area contributed by atoms with Crippen LogP contribution < -0.4 is 5.56 Å². The molecule has 0 saturated carbocycles. The van der Waals surface area contributed by atoms with Crippen LogP contribution in [0.4, 0.5) is 5.69 Å². The first-order valence-electron chi connectivity index (χ1n) is 8.67. The monoisotopic (exact) mass is 467 g/mol. The minimum atomic E-state index is -0.424. The molecule has 3 aromatic carbocycles. The molecule has 6 nitrogen and oxygen atoms in total. The number of benzene rings is 3. The van der Waals surface area contributed by atoms with Crippen LogP contribution in [0.2, 0.25) is 0 Å². The van der Waals surface area contributed by atoms with Crippen molar-refractivity contribution >= 4 is 44.3 Å². The molecule has 0 spiro atoms. The predicted octanol–water partition coefficient (Wildman–Crippen LogP) is 5.35. The number of hydrogen-bond donors (Lipinski definition) is 0. The Kier molecular flexibility index (Phi) is 5.46. The van der Waals surface area contributed by atoms with Crippen molar-refractivity contribution in [3.63, 3.8) is 0 Å². The molecule has 0 atom stereocenters. The Hall–Kier alpha value is -2.97. The highest BCUT2D eigenvalue weighted by Crippen LogP contribution is 2.26. The first-order chi connectivity index (χ1) is 14.0. The number of thioether (sulfide) groups is 1. The smallest absolute Gasteiger partial charge is 0.268 e. The number of para-hydroxylation sites is 1. The lowest BCUT2D eigenvalue weighted by molar-refractivity contribution is -0.384. The molecule has 1 heterocycles. The van der Waals surface area contributed by atoms with Crippen LogP contribution in [-0.2, 0) is 5.75 Å². The molecule has 0 amide bonds. The van der Waals surface area contributed by atoms with Crippen molar-refractivity contribution in [3.05, 3.63) is 103 Å². The fourth-order valence-corrected chi connectivity index (χ4v) is 4.23. The summed E-state index contributed by atoms with van der Waals surface area (Å²) < 4.78 is 2.42. The molecule has 0 aliphatic carbocycles. The third-order valence-electron chi connectivity index (χ3n) is 4.33. The predicted molar refractivity (Wildman–Crippen MR) is 118 cm³/mol. The van der Waals surface area contributed by atoms with Gasteiger partial charge in [-0.15, -0.1) is 0 Å². The van der Waals surface area contributed by atoms with E-state index in [9.17, 15) is 14.9 Å². The van der Waals surface area contributed by atoms with Crippen molar-refractivity contribution < 1.29 is 4.92 Å². The number of nitrogens with zero attached hydrogens (tertiary/aromatic N) is 3. The van der Waals surface area contributed by atoms with E-state index < -0.39 is 4.92 Å². The maximum Gasteiger partial charge on any atom is 0.269 e. The van der Waals surface area contributed by atoms with Crippen molar-refractivity contribution in [1.82, 2.24) is 9.55 Å². The van der Waals surface area contributed by atoms with Crippen molar-refractivity contribution in [2.75, 3.05) is 0 Å². The van der Waals surface area contributed by atoms with Crippen LogP contribution in [0.1, 0.15) is 5.56 Å². The Morgan fingerprint density at radius 3 is 2.45 bits per heavy atom. The second kappa shape index (κ2) is 8.18. The molecule has 29 heavy (non-hydrogen) atoms. The standard InChI is InChI=1S/C21H14BrN3O3S/c22-15-8-11-19-18(12-15)20(26)24(16-4-2-1-3-5-16)21(23-19)29-13-14-6-9-17(10-7-14)25(27)28/h1-12H,13H2. The average molecular weight is 468 g/mol. The van der Waals surface area contributed by atoms with Crippen molar-refractivity contribution in [2.45, 2.75) is 10.9 Å². The van der Waals surface area contributed by atoms with Crippen LogP contribution in [0.25, 0.3) is 16.6 Å². The fourth-order valence-electron chi connectivity index (χ4n) is 2.90. The summed E-state index contributed by atoms with van der Waals surface area (Å²) in [5.41, 5.74) is 2.17. The number of non-ortho nitro benzene ring substituents is 1. The molecular formula is C21H14BrN3O3S. The largest absolute Gasteiger partial charge is 0.269 e. The van der Waals surface area contributed by atoms with Gasteiger partial charge in [-0.1, -0.05) is 58.0 Å². The molecule has 1 aromatic heterocycles. The summed E-state index contributed by atoms with van der Waals surface area (Å²) in [4.78, 5) is 28.4. The molecule has 0 radical (unpaired) electrons. The van der Waals surface area contributed by atoms with E-state index in [1.807, 2.05) is 42.5 Å². The molecule has 4 rings (SSSR count). The van der Waals surface area contributed by atoms with Gasteiger partial charge in [-0.05, 0) is 35.9 Å². The Labute approximate surface area is 178 Å². The maximum atomic E-state index is 13.2. The third kappa shape index (κ3) is 4.08. The quantitative estimate of drug-likeness (QED) is 0.171. The van der Waals surface area contributed by atoms with E-state index in [0.717, 1.165) is 15.7 Å². The molecular weight excluding hydrogens is 454 g/mol. The lowest BCUT2D eigenvalue weighted by Gasteiger charge is -2.13. The molecule has 8 heteroatoms. The topological polar surface area (TPSA) is 78.0 Å². The molecule has 0 N–H and O–H groups in total. The first-order valence-corrected chi connectivity index (χ1v) is 10.4. The number of fused-ring (bicyclic) bond motifs is 1. The van der Waals surface area contributed by atoms with E-state index in [4.69, 9.17) is 4.98 Å². The normalized spacial score (nSPS) is 10.9. The Morgan fingerprint density at radius 1 is 1.03 bits per heavy atom. The molecule has 0 bridgehead atoms. The SMILES string of the molecule is O=c1c2cc(Br)ccc2nc(SCc2ccc([N+](=O)[O-])cc2)n1-c1ccccc1. The van der Waals surface area contributed by atoms with E-state index in [1.54, 1.807) is 22.8 Å². The Morgan fingerprint density at radius 2 is 1.76 bits per heavy atom. The lowest BCUT2D eigenvalue weighted by Crippen LogP contribution is -2.21. The Bertz CT molecular complexity index is 1260. The summed E-state index contributed by atoms with van der Waals surface area (Å²) in [6.45, 7) is 0. The zero-order valence-corrected chi connectivity index (χ0v) is 17.4. The van der Waals surface area contributed by atoms with Crippen LogP contribution in [-0.4, -0.2) is 14.5 Å². The summed E-state index contributed by atoms with van der Waals surface area (Å²) in [6.07, 6.45) is 0. The average Bonchev–Trinajstić information content (AvgIpc) is 2.74. The zero-order valence-electron chi connectivity index (χ0n) is 15.0. The van der Waals surface area contributed by atoms with E-state index in [1.165, 1.54) is 23.9 Å². The van der Waals surface area contributed by atoms with Gasteiger partial charge in [-0.25, -0.2) is 4.98 Å². The minimum Gasteiger partial charge on any atom is -0.268 e. The molecule has 144 valence electrons. The summed E-state index contributed by atoms with van der Waals surface area (Å²) in [5, 5.41) is 11.9. The number of nitro groups is 1. The number of aromatic nitrogens is 2. The second-order valence-electron chi connectivity index (χ2n) is 6.24. The molecule has 0 aliphatic rings. The van der Waals surface area contributed by atoms with Crippen LogP contribution in [0.3, 0.4) is 0 Å². The maximum absolute atomic E-state index is 13.2. The van der Waals surface area contributed by atoms with Crippen molar-refractivity contribution in [3.8, 4) is 5.69 Å². The fraction of sp³-hybridized carbons (Fsp3) is 0.0476. The summed E-state index contributed by atoms with van der Waals surface area (Å²) >= 11 is 4.83. The van der Waals surface area contributed by atoms with Gasteiger partial charge < -0.3 is 0 Å². The van der Waals surface area contributed by atoms with Gasteiger partial charge in [-0.2, -0.15) is 0 Å². The van der Waals surface area contributed by atoms with Gasteiger partial charge in [0, 0.05) is 22.4 Å². The molecule has 0 saturated heterocycles. The highest BCUT2D eigenvalue weighted by Gasteiger charge is 2.14. The molecule has 0 fully saturated rings. The van der Waals surface area contributed by atoms with Crippen LogP contribution in [0.15, 0.2) is 87.2 Å². The zero-order chi connectivity index (χ0) is 20.4. The van der Waals surface area contributed by atoms with Gasteiger partial charge in [0.05, 0.1) is 21.5 Å². The highest BCUT2D eigenvalue weighted by molar-refractivity contribution is 9.10. The Balaban J connectivity index is 1.77. The van der Waals surface area contributed by atoms with Gasteiger partial charge in [0.2, 0.25) is 0 Å². The summed E-state index contributed by atoms with van der Waals surface area (Å²) in [7, 11) is 0. The van der Waals surface area contributed by atoms with E-state index in [0.29, 0.717) is 21.8 Å². The second-order valence-corrected chi connectivity index (χ2v) is 8.10. The van der Waals surface area contributed by atoms with E-state index >= 15 is 0 Å². The van der Waals surface area contributed by atoms with E-state index in [2.05, 4.69) is 15.9 Å². The first kappa shape index (κ1) is 19.4. The van der Waals surface area contributed by atoms with E-state index in [-0.39, 0.29) is 11.2 Å². The van der Waals surface area contributed by atoms with Gasteiger partial charge in [0.25, 0.3) is 11.2 Å². The third-order valence-corrected chi connectivity index (χ3v) is 5.83. The van der Waals surface area contributed by atoms with Gasteiger partial charge >= 0.3 is 0 Å². The summed E-state index contributed by atoms with van der Waals surface area (Å²) in [5.74, 6) is 0.527. The molecule has 0 aliphatic heterocycles. The van der Waals surface area contributed by atoms with Crippen molar-refractivity contribution in [2.24, 2.45) is 0 Å². The van der Waals surface area contributed by atoms with Gasteiger partial charge in [-0.3, -0.25) is 19.5 Å². The van der Waals surface area contributed by atoms with Gasteiger partial charge in [0.15, 0.2) is 5.16 Å². The number of nitro benzene ring substituents is 1. The van der Waals surface area contributed by atoms with Gasteiger partial charge in [0.1, 0.15) is 0 Å². The van der Waals surface area contributed by atoms with Crippen LogP contribution in [0.5, 0.6) is 0 Å². The number of rotatable bonds is 5. The lowest BCUT2D eigenvalue weighted by atomic mass is 10.2. The summed E-state index contributed by atoms with van der Waals surface area (Å²) in [6, 6.07) is 21.2. The molecule has 0 unspecified atom stereocenters. The number of hydrogen-bond acceptors (Lipinski definition) is 5. The van der Waals surface area contributed by atoms with Crippen LogP contribution in [0, 0.1) is 10.1 Å². The highest BCUT2D eigenvalue weighted by atomic mass is 79.9.